The third kappa shape index (κ3) is 4.35. The van der Waals surface area contributed by atoms with Crippen LogP contribution < -0.4 is 10.6 Å². The summed E-state index contributed by atoms with van der Waals surface area (Å²) in [4.78, 5) is 28.4. The molecule has 2 aromatic rings. The molecule has 2 N–H and O–H groups in total. The summed E-state index contributed by atoms with van der Waals surface area (Å²) in [7, 11) is 0. The molecule has 0 saturated carbocycles. The Morgan fingerprint density at radius 1 is 0.840 bits per heavy atom. The molecule has 0 atom stereocenters. The summed E-state index contributed by atoms with van der Waals surface area (Å²) in [5.74, 6) is -1.28. The highest BCUT2D eigenvalue weighted by molar-refractivity contribution is 6.42. The third-order valence-electron chi connectivity index (χ3n) is 3.54. The summed E-state index contributed by atoms with van der Waals surface area (Å²) in [5.41, 5.74) is 7.47. The van der Waals surface area contributed by atoms with Crippen LogP contribution in [0.4, 0.5) is 17.1 Å². The van der Waals surface area contributed by atoms with Gasteiger partial charge in [-0.1, -0.05) is 30.4 Å². The summed E-state index contributed by atoms with van der Waals surface area (Å²) in [6.45, 7) is 7.79. The largest absolute Gasteiger partial charge is 0.399 e. The van der Waals surface area contributed by atoms with E-state index < -0.39 is 11.8 Å². The lowest BCUT2D eigenvalue weighted by Gasteiger charge is -2.26. The fourth-order valence-corrected chi connectivity index (χ4v) is 2.37. The Morgan fingerprint density at radius 2 is 1.36 bits per heavy atom. The molecule has 0 aliphatic rings. The first-order valence-electron chi connectivity index (χ1n) is 7.84. The number of amides is 2. The number of nitrogens with zero attached hydrogens (tertiary/aromatic N) is 2. The average Bonchev–Trinajstić information content (AvgIpc) is 2.63. The lowest BCUT2D eigenvalue weighted by Crippen LogP contribution is -2.43. The molecule has 2 rings (SSSR count). The van der Waals surface area contributed by atoms with E-state index in [2.05, 4.69) is 13.2 Å². The third-order valence-corrected chi connectivity index (χ3v) is 3.54. The predicted octanol–water partition coefficient (Wildman–Crippen LogP) is 3.13. The SMILES string of the molecule is C=CCN(CC=C)C(=O)C(=O)N(c1ccccc1)c1ccc(N)cc1. The molecule has 0 fully saturated rings. The van der Waals surface area contributed by atoms with Gasteiger partial charge in [0, 0.05) is 30.2 Å². The number of para-hydroxylation sites is 1. The zero-order chi connectivity index (χ0) is 18.2. The van der Waals surface area contributed by atoms with Gasteiger partial charge in [0.2, 0.25) is 0 Å². The second kappa shape index (κ2) is 8.49. The molecule has 0 bridgehead atoms. The van der Waals surface area contributed by atoms with E-state index in [4.69, 9.17) is 5.73 Å². The van der Waals surface area contributed by atoms with E-state index in [-0.39, 0.29) is 13.1 Å². The molecule has 0 aromatic heterocycles. The molecule has 5 nitrogen and oxygen atoms in total. The highest BCUT2D eigenvalue weighted by atomic mass is 16.2. The van der Waals surface area contributed by atoms with Crippen LogP contribution >= 0.6 is 0 Å². The van der Waals surface area contributed by atoms with Crippen molar-refractivity contribution < 1.29 is 9.59 Å². The van der Waals surface area contributed by atoms with Gasteiger partial charge in [-0.3, -0.25) is 14.5 Å². The average molecular weight is 335 g/mol. The molecular formula is C20H21N3O2. The Labute approximate surface area is 147 Å². The monoisotopic (exact) mass is 335 g/mol. The molecule has 0 aliphatic heterocycles. The number of hydrogen-bond acceptors (Lipinski definition) is 3. The van der Waals surface area contributed by atoms with E-state index in [1.807, 2.05) is 18.2 Å². The number of benzene rings is 2. The standard InChI is InChI=1S/C20H21N3O2/c1-3-14-22(15-4-2)19(24)20(25)23(17-8-6-5-7-9-17)18-12-10-16(21)11-13-18/h3-13H,1-2,14-15,21H2. The molecule has 2 amide bonds. The Bertz CT molecular complexity index is 744. The van der Waals surface area contributed by atoms with Crippen LogP contribution in [0.3, 0.4) is 0 Å². The van der Waals surface area contributed by atoms with Crippen LogP contribution in [-0.2, 0) is 9.59 Å². The van der Waals surface area contributed by atoms with Crippen molar-refractivity contribution in [3.8, 4) is 0 Å². The minimum Gasteiger partial charge on any atom is -0.399 e. The van der Waals surface area contributed by atoms with Crippen LogP contribution in [-0.4, -0.2) is 29.8 Å². The first-order chi connectivity index (χ1) is 12.1. The van der Waals surface area contributed by atoms with Gasteiger partial charge in [-0.2, -0.15) is 0 Å². The summed E-state index contributed by atoms with van der Waals surface area (Å²) in [6.07, 6.45) is 3.15. The van der Waals surface area contributed by atoms with Crippen molar-refractivity contribution >= 4 is 28.9 Å². The Morgan fingerprint density at radius 3 is 1.88 bits per heavy atom. The summed E-state index contributed by atoms with van der Waals surface area (Å²) >= 11 is 0. The topological polar surface area (TPSA) is 66.6 Å². The number of hydrogen-bond donors (Lipinski definition) is 1. The lowest BCUT2D eigenvalue weighted by molar-refractivity contribution is -0.143. The van der Waals surface area contributed by atoms with Crippen molar-refractivity contribution in [2.24, 2.45) is 0 Å². The number of anilines is 3. The molecule has 128 valence electrons. The first-order valence-corrected chi connectivity index (χ1v) is 7.84. The van der Waals surface area contributed by atoms with Gasteiger partial charge in [-0.15, -0.1) is 13.2 Å². The zero-order valence-corrected chi connectivity index (χ0v) is 14.0. The van der Waals surface area contributed by atoms with Gasteiger partial charge in [0.15, 0.2) is 0 Å². The van der Waals surface area contributed by atoms with Crippen molar-refractivity contribution in [3.63, 3.8) is 0 Å². The summed E-state index contributed by atoms with van der Waals surface area (Å²) < 4.78 is 0. The molecule has 0 aliphatic carbocycles. The van der Waals surface area contributed by atoms with E-state index in [0.717, 1.165) is 0 Å². The molecular weight excluding hydrogens is 314 g/mol. The van der Waals surface area contributed by atoms with Crippen LogP contribution in [0.25, 0.3) is 0 Å². The lowest BCUT2D eigenvalue weighted by atomic mass is 10.2. The van der Waals surface area contributed by atoms with Crippen molar-refractivity contribution in [1.29, 1.82) is 0 Å². The maximum absolute atomic E-state index is 13.0. The molecule has 0 radical (unpaired) electrons. The van der Waals surface area contributed by atoms with Gasteiger partial charge in [0.1, 0.15) is 0 Å². The van der Waals surface area contributed by atoms with E-state index in [9.17, 15) is 9.59 Å². The smallest absolute Gasteiger partial charge is 0.321 e. The van der Waals surface area contributed by atoms with E-state index in [1.54, 1.807) is 48.6 Å². The second-order valence-corrected chi connectivity index (χ2v) is 5.36. The maximum atomic E-state index is 13.0. The van der Waals surface area contributed by atoms with Crippen molar-refractivity contribution in [3.05, 3.63) is 79.9 Å². The van der Waals surface area contributed by atoms with E-state index in [0.29, 0.717) is 17.1 Å². The number of nitrogens with two attached hydrogens (primary N) is 1. The molecule has 0 unspecified atom stereocenters. The first kappa shape index (κ1) is 18.0. The van der Waals surface area contributed by atoms with Gasteiger partial charge in [-0.05, 0) is 36.4 Å². The minimum absolute atomic E-state index is 0.265. The normalized spacial score (nSPS) is 9.92. The van der Waals surface area contributed by atoms with Gasteiger partial charge in [0.05, 0.1) is 0 Å². The highest BCUT2D eigenvalue weighted by Gasteiger charge is 2.28. The van der Waals surface area contributed by atoms with Crippen molar-refractivity contribution in [2.45, 2.75) is 0 Å². The van der Waals surface area contributed by atoms with Crippen LogP contribution in [0.2, 0.25) is 0 Å². The molecule has 5 heteroatoms. The number of rotatable bonds is 6. The predicted molar refractivity (Wildman–Crippen MR) is 101 cm³/mol. The quantitative estimate of drug-likeness (QED) is 0.501. The fraction of sp³-hybridized carbons (Fsp3) is 0.100. The molecule has 0 spiro atoms. The Hall–Kier alpha value is -3.34. The van der Waals surface area contributed by atoms with Crippen LogP contribution in [0.5, 0.6) is 0 Å². The number of nitrogen functional groups attached to an aromatic ring is 1. The molecule has 0 saturated heterocycles. The maximum Gasteiger partial charge on any atom is 0.321 e. The molecule has 25 heavy (non-hydrogen) atoms. The fourth-order valence-electron chi connectivity index (χ4n) is 2.37. The van der Waals surface area contributed by atoms with Crippen LogP contribution in [0.15, 0.2) is 79.9 Å². The number of carbonyl (C=O) groups excluding carboxylic acids is 2. The van der Waals surface area contributed by atoms with Gasteiger partial charge >= 0.3 is 11.8 Å². The second-order valence-electron chi connectivity index (χ2n) is 5.36. The summed E-state index contributed by atoms with van der Waals surface area (Å²) in [6, 6.07) is 15.8. The Balaban J connectivity index is 2.42. The Kier molecular flexibility index (Phi) is 6.12. The van der Waals surface area contributed by atoms with Crippen LogP contribution in [0, 0.1) is 0 Å². The summed E-state index contributed by atoms with van der Waals surface area (Å²) in [5, 5.41) is 0. The number of carbonyl (C=O) groups is 2. The van der Waals surface area contributed by atoms with Crippen LogP contribution in [0.1, 0.15) is 0 Å². The molecule has 2 aromatic carbocycles. The van der Waals surface area contributed by atoms with Gasteiger partial charge < -0.3 is 10.6 Å². The van der Waals surface area contributed by atoms with Crippen molar-refractivity contribution in [1.82, 2.24) is 4.90 Å². The minimum atomic E-state index is -0.653. The van der Waals surface area contributed by atoms with Gasteiger partial charge in [-0.25, -0.2) is 0 Å². The van der Waals surface area contributed by atoms with Crippen molar-refractivity contribution in [2.75, 3.05) is 23.7 Å². The van der Waals surface area contributed by atoms with E-state index in [1.165, 1.54) is 9.80 Å². The van der Waals surface area contributed by atoms with Gasteiger partial charge in [0.25, 0.3) is 0 Å². The molecule has 0 heterocycles. The highest BCUT2D eigenvalue weighted by Crippen LogP contribution is 2.26. The van der Waals surface area contributed by atoms with E-state index >= 15 is 0 Å². The zero-order valence-electron chi connectivity index (χ0n) is 14.0.